The lowest BCUT2D eigenvalue weighted by Crippen LogP contribution is -2.56. The predicted molar refractivity (Wildman–Crippen MR) is 84.7 cm³/mol. The minimum Gasteiger partial charge on any atom is -0.314 e. The maximum atomic E-state index is 3.48. The molecule has 3 nitrogen and oxygen atoms in total. The van der Waals surface area contributed by atoms with Gasteiger partial charge >= 0.3 is 0 Å². The van der Waals surface area contributed by atoms with E-state index in [-0.39, 0.29) is 0 Å². The van der Waals surface area contributed by atoms with Gasteiger partial charge in [-0.05, 0) is 45.3 Å². The van der Waals surface area contributed by atoms with Crippen molar-refractivity contribution in [1.29, 1.82) is 0 Å². The molecule has 0 aliphatic carbocycles. The Balaban J connectivity index is 2.62. The van der Waals surface area contributed by atoms with E-state index in [2.05, 4.69) is 49.7 Å². The number of hydrogen-bond acceptors (Lipinski definition) is 3. The number of rotatable bonds is 8. The summed E-state index contributed by atoms with van der Waals surface area (Å²) in [6.07, 6.45) is 2.61. The van der Waals surface area contributed by atoms with Gasteiger partial charge in [-0.1, -0.05) is 27.7 Å². The molecule has 0 bridgehead atoms. The quantitative estimate of drug-likeness (QED) is 0.730. The van der Waals surface area contributed by atoms with Crippen molar-refractivity contribution in [1.82, 2.24) is 15.1 Å². The maximum absolute atomic E-state index is 3.48. The molecule has 114 valence electrons. The Bertz CT molecular complexity index is 232. The lowest BCUT2D eigenvalue weighted by atomic mass is 9.85. The molecule has 1 unspecified atom stereocenters. The van der Waals surface area contributed by atoms with Crippen LogP contribution in [-0.4, -0.2) is 61.2 Å². The molecule has 1 fully saturated rings. The molecule has 1 aliphatic heterocycles. The van der Waals surface area contributed by atoms with E-state index in [1.165, 1.54) is 45.6 Å². The van der Waals surface area contributed by atoms with Crippen molar-refractivity contribution in [2.24, 2.45) is 5.92 Å². The molecule has 19 heavy (non-hydrogen) atoms. The van der Waals surface area contributed by atoms with E-state index in [0.29, 0.717) is 5.54 Å². The molecule has 0 aromatic carbocycles. The van der Waals surface area contributed by atoms with E-state index in [0.717, 1.165) is 19.0 Å². The Morgan fingerprint density at radius 3 is 2.21 bits per heavy atom. The predicted octanol–water partition coefficient (Wildman–Crippen LogP) is 2.43. The average molecular weight is 269 g/mol. The van der Waals surface area contributed by atoms with Crippen LogP contribution < -0.4 is 5.32 Å². The van der Waals surface area contributed by atoms with Crippen LogP contribution in [-0.2, 0) is 0 Å². The summed E-state index contributed by atoms with van der Waals surface area (Å²) in [6.45, 7) is 20.1. The van der Waals surface area contributed by atoms with Gasteiger partial charge in [0, 0.05) is 31.7 Å². The zero-order valence-corrected chi connectivity index (χ0v) is 13.8. The SMILES string of the molecule is CCN(CC)CCC(C)(CC(C)C)N1CCNCC1. The Morgan fingerprint density at radius 1 is 1.16 bits per heavy atom. The molecule has 0 amide bonds. The van der Waals surface area contributed by atoms with Gasteiger partial charge in [-0.2, -0.15) is 0 Å². The number of hydrogen-bond donors (Lipinski definition) is 1. The van der Waals surface area contributed by atoms with Crippen molar-refractivity contribution in [2.75, 3.05) is 45.8 Å². The summed E-state index contributed by atoms with van der Waals surface area (Å²) in [5.74, 6) is 0.775. The molecule has 1 rings (SSSR count). The topological polar surface area (TPSA) is 18.5 Å². The third kappa shape index (κ3) is 5.41. The summed E-state index contributed by atoms with van der Waals surface area (Å²) in [4.78, 5) is 5.29. The van der Waals surface area contributed by atoms with Gasteiger partial charge < -0.3 is 10.2 Å². The van der Waals surface area contributed by atoms with Gasteiger partial charge in [0.25, 0.3) is 0 Å². The first-order valence-corrected chi connectivity index (χ1v) is 8.20. The first-order chi connectivity index (χ1) is 9.01. The van der Waals surface area contributed by atoms with E-state index in [1.807, 2.05) is 0 Å². The summed E-state index contributed by atoms with van der Waals surface area (Å²) in [5.41, 5.74) is 0.374. The third-order valence-electron chi connectivity index (χ3n) is 4.59. The first-order valence-electron chi connectivity index (χ1n) is 8.20. The Kier molecular flexibility index (Phi) is 7.33. The van der Waals surface area contributed by atoms with Gasteiger partial charge in [-0.3, -0.25) is 4.90 Å². The van der Waals surface area contributed by atoms with Crippen molar-refractivity contribution >= 4 is 0 Å². The van der Waals surface area contributed by atoms with E-state index in [1.54, 1.807) is 0 Å². The normalized spacial score (nSPS) is 21.0. The zero-order chi connectivity index (χ0) is 14.3. The van der Waals surface area contributed by atoms with Crippen LogP contribution in [0.2, 0.25) is 0 Å². The van der Waals surface area contributed by atoms with Crippen LogP contribution in [0.5, 0.6) is 0 Å². The van der Waals surface area contributed by atoms with Crippen LogP contribution >= 0.6 is 0 Å². The summed E-state index contributed by atoms with van der Waals surface area (Å²) in [6, 6.07) is 0. The zero-order valence-electron chi connectivity index (χ0n) is 13.8. The van der Waals surface area contributed by atoms with Crippen LogP contribution in [0.1, 0.15) is 47.5 Å². The smallest absolute Gasteiger partial charge is 0.0197 e. The molecule has 0 aromatic rings. The van der Waals surface area contributed by atoms with Crippen LogP contribution in [0.4, 0.5) is 0 Å². The highest BCUT2D eigenvalue weighted by Crippen LogP contribution is 2.28. The van der Waals surface area contributed by atoms with Gasteiger partial charge in [0.1, 0.15) is 0 Å². The number of nitrogens with one attached hydrogen (secondary N) is 1. The fraction of sp³-hybridized carbons (Fsp3) is 1.00. The summed E-state index contributed by atoms with van der Waals surface area (Å²) >= 11 is 0. The minimum absolute atomic E-state index is 0.374. The molecule has 0 saturated carbocycles. The van der Waals surface area contributed by atoms with Gasteiger partial charge in [0.05, 0.1) is 0 Å². The van der Waals surface area contributed by atoms with Crippen LogP contribution in [0.25, 0.3) is 0 Å². The average Bonchev–Trinajstić information content (AvgIpc) is 2.40. The van der Waals surface area contributed by atoms with E-state index >= 15 is 0 Å². The van der Waals surface area contributed by atoms with Gasteiger partial charge in [-0.15, -0.1) is 0 Å². The molecular formula is C16H35N3. The fourth-order valence-electron chi connectivity index (χ4n) is 3.41. The first kappa shape index (κ1) is 16.9. The highest BCUT2D eigenvalue weighted by molar-refractivity contribution is 4.90. The van der Waals surface area contributed by atoms with Crippen molar-refractivity contribution < 1.29 is 0 Å². The third-order valence-corrected chi connectivity index (χ3v) is 4.59. The van der Waals surface area contributed by atoms with E-state index in [4.69, 9.17) is 0 Å². The second-order valence-corrected chi connectivity index (χ2v) is 6.61. The Labute approximate surface area is 120 Å². The van der Waals surface area contributed by atoms with Crippen molar-refractivity contribution in [2.45, 2.75) is 53.0 Å². The second-order valence-electron chi connectivity index (χ2n) is 6.61. The highest BCUT2D eigenvalue weighted by Gasteiger charge is 2.33. The molecule has 1 aliphatic rings. The molecule has 1 heterocycles. The molecule has 1 saturated heterocycles. The highest BCUT2D eigenvalue weighted by atomic mass is 15.2. The second kappa shape index (κ2) is 8.23. The molecule has 0 spiro atoms. The van der Waals surface area contributed by atoms with Crippen molar-refractivity contribution in [3.8, 4) is 0 Å². The lowest BCUT2D eigenvalue weighted by Gasteiger charge is -2.45. The van der Waals surface area contributed by atoms with Crippen LogP contribution in [0.3, 0.4) is 0 Å². The van der Waals surface area contributed by atoms with Gasteiger partial charge in [-0.25, -0.2) is 0 Å². The number of nitrogens with zero attached hydrogens (tertiary/aromatic N) is 2. The molecule has 0 radical (unpaired) electrons. The molecule has 3 heteroatoms. The van der Waals surface area contributed by atoms with Gasteiger partial charge in [0.15, 0.2) is 0 Å². The van der Waals surface area contributed by atoms with Gasteiger partial charge in [0.2, 0.25) is 0 Å². The Hall–Kier alpha value is -0.120. The number of piperazine rings is 1. The monoisotopic (exact) mass is 269 g/mol. The van der Waals surface area contributed by atoms with E-state index < -0.39 is 0 Å². The standard InChI is InChI=1S/C16H35N3/c1-6-18(7-2)11-8-16(5,14-15(3)4)19-12-9-17-10-13-19/h15,17H,6-14H2,1-5H3. The van der Waals surface area contributed by atoms with Crippen LogP contribution in [0, 0.1) is 5.92 Å². The molecule has 1 atom stereocenters. The largest absolute Gasteiger partial charge is 0.314 e. The summed E-state index contributed by atoms with van der Waals surface area (Å²) < 4.78 is 0. The Morgan fingerprint density at radius 2 is 1.74 bits per heavy atom. The molecule has 1 N–H and O–H groups in total. The van der Waals surface area contributed by atoms with Crippen molar-refractivity contribution in [3.63, 3.8) is 0 Å². The van der Waals surface area contributed by atoms with Crippen LogP contribution in [0.15, 0.2) is 0 Å². The molecule has 0 aromatic heterocycles. The summed E-state index contributed by atoms with van der Waals surface area (Å²) in [5, 5.41) is 3.48. The molecular weight excluding hydrogens is 234 g/mol. The summed E-state index contributed by atoms with van der Waals surface area (Å²) in [7, 11) is 0. The maximum Gasteiger partial charge on any atom is 0.0197 e. The lowest BCUT2D eigenvalue weighted by molar-refractivity contribution is 0.0522. The van der Waals surface area contributed by atoms with E-state index in [9.17, 15) is 0 Å². The van der Waals surface area contributed by atoms with Crippen molar-refractivity contribution in [3.05, 3.63) is 0 Å². The fourth-order valence-corrected chi connectivity index (χ4v) is 3.41. The minimum atomic E-state index is 0.374.